The molecule has 144 valence electrons. The van der Waals surface area contributed by atoms with E-state index < -0.39 is 11.0 Å². The van der Waals surface area contributed by atoms with Crippen LogP contribution in [0.1, 0.15) is 51.0 Å². The fraction of sp³-hybridized carbons (Fsp3) is 0.632. The van der Waals surface area contributed by atoms with Gasteiger partial charge in [-0.25, -0.2) is 0 Å². The van der Waals surface area contributed by atoms with Crippen molar-refractivity contribution in [2.45, 2.75) is 64.5 Å². The number of rotatable bonds is 8. The Kier molecular flexibility index (Phi) is 7.53. The molecule has 7 nitrogen and oxygen atoms in total. The lowest BCUT2D eigenvalue weighted by molar-refractivity contribution is -0.385. The minimum Gasteiger partial charge on any atom is -0.392 e. The lowest BCUT2D eigenvalue weighted by atomic mass is 9.94. The molecule has 0 spiro atoms. The van der Waals surface area contributed by atoms with Crippen LogP contribution in [0.5, 0.6) is 0 Å². The molecule has 1 aromatic rings. The Bertz CT molecular complexity index is 627. The van der Waals surface area contributed by atoms with Crippen LogP contribution in [-0.4, -0.2) is 46.1 Å². The zero-order chi connectivity index (χ0) is 19.1. The number of hydrogen-bond donors (Lipinski definition) is 2. The zero-order valence-corrected chi connectivity index (χ0v) is 15.6. The molecule has 1 amide bonds. The number of aliphatic hydroxyl groups excluding tert-OH is 1. The van der Waals surface area contributed by atoms with E-state index in [1.54, 1.807) is 26.0 Å². The summed E-state index contributed by atoms with van der Waals surface area (Å²) in [6, 6.07) is 5.10. The van der Waals surface area contributed by atoms with Crippen LogP contribution >= 0.6 is 0 Å². The van der Waals surface area contributed by atoms with E-state index in [1.165, 1.54) is 25.3 Å². The Morgan fingerprint density at radius 3 is 2.69 bits per heavy atom. The molecule has 0 radical (unpaired) electrons. The van der Waals surface area contributed by atoms with E-state index in [0.29, 0.717) is 36.8 Å². The Hall–Kier alpha value is -1.99. The maximum absolute atomic E-state index is 12.3. The quantitative estimate of drug-likeness (QED) is 0.546. The number of amides is 1. The summed E-state index contributed by atoms with van der Waals surface area (Å²) in [5, 5.41) is 23.6. The van der Waals surface area contributed by atoms with Crippen LogP contribution in [0.15, 0.2) is 18.2 Å². The van der Waals surface area contributed by atoms with Gasteiger partial charge in [-0.15, -0.1) is 0 Å². The average Bonchev–Trinajstić information content (AvgIpc) is 2.60. The smallest absolute Gasteiger partial charge is 0.274 e. The molecule has 26 heavy (non-hydrogen) atoms. The van der Waals surface area contributed by atoms with Gasteiger partial charge in [0.2, 0.25) is 5.91 Å². The molecule has 1 aromatic carbocycles. The molecule has 2 N–H and O–H groups in total. The van der Waals surface area contributed by atoms with Crippen LogP contribution in [0.4, 0.5) is 11.4 Å². The molecule has 7 heteroatoms. The van der Waals surface area contributed by atoms with E-state index in [1.807, 2.05) is 0 Å². The predicted molar refractivity (Wildman–Crippen MR) is 101 cm³/mol. The maximum atomic E-state index is 12.3. The summed E-state index contributed by atoms with van der Waals surface area (Å²) in [5.74, 6) is -0.167. The van der Waals surface area contributed by atoms with E-state index >= 15 is 0 Å². The second kappa shape index (κ2) is 9.64. The molecule has 1 aliphatic carbocycles. The lowest BCUT2D eigenvalue weighted by Crippen LogP contribution is -2.42. The third kappa shape index (κ3) is 5.78. The highest BCUT2D eigenvalue weighted by molar-refractivity contribution is 5.92. The van der Waals surface area contributed by atoms with Gasteiger partial charge in [-0.05, 0) is 32.8 Å². The first-order chi connectivity index (χ1) is 12.4. The second-order valence-electron chi connectivity index (χ2n) is 7.14. The van der Waals surface area contributed by atoms with E-state index in [4.69, 9.17) is 0 Å². The Morgan fingerprint density at radius 2 is 2.08 bits per heavy atom. The van der Waals surface area contributed by atoms with Crippen LogP contribution in [0.3, 0.4) is 0 Å². The van der Waals surface area contributed by atoms with E-state index in [9.17, 15) is 20.0 Å². The second-order valence-corrected chi connectivity index (χ2v) is 7.14. The van der Waals surface area contributed by atoms with Crippen LogP contribution in [-0.2, 0) is 4.79 Å². The monoisotopic (exact) mass is 363 g/mol. The molecule has 1 atom stereocenters. The molecule has 0 aliphatic heterocycles. The minimum atomic E-state index is -0.446. The average molecular weight is 363 g/mol. The number of nitrogens with one attached hydrogen (secondary N) is 1. The van der Waals surface area contributed by atoms with Gasteiger partial charge in [0.05, 0.1) is 22.3 Å². The van der Waals surface area contributed by atoms with Crippen molar-refractivity contribution >= 4 is 17.3 Å². The lowest BCUT2D eigenvalue weighted by Gasteiger charge is -2.35. The van der Waals surface area contributed by atoms with E-state index in [0.717, 1.165) is 12.8 Å². The highest BCUT2D eigenvalue weighted by atomic mass is 16.6. The Morgan fingerprint density at radius 1 is 1.38 bits per heavy atom. The molecule has 0 heterocycles. The zero-order valence-electron chi connectivity index (χ0n) is 15.6. The third-order valence-corrected chi connectivity index (χ3v) is 4.99. The van der Waals surface area contributed by atoms with Gasteiger partial charge in [-0.2, -0.15) is 0 Å². The molecule has 1 aliphatic rings. The van der Waals surface area contributed by atoms with E-state index in [-0.39, 0.29) is 11.6 Å². The van der Waals surface area contributed by atoms with Gasteiger partial charge in [-0.1, -0.05) is 25.3 Å². The number of hydrogen-bond acceptors (Lipinski definition) is 5. The van der Waals surface area contributed by atoms with Crippen molar-refractivity contribution in [3.63, 3.8) is 0 Å². The summed E-state index contributed by atoms with van der Waals surface area (Å²) < 4.78 is 0. The number of nitrogens with zero attached hydrogens (tertiary/aromatic N) is 2. The SMILES string of the molecule is Cc1c(NC(=O)CCN(C[C@H](C)O)C2CCCCC2)cccc1[N+](=O)[O-]. The molecule has 0 unspecified atom stereocenters. The molecular weight excluding hydrogens is 334 g/mol. The van der Waals surface area contributed by atoms with Gasteiger partial charge in [0.25, 0.3) is 5.69 Å². The molecule has 0 aromatic heterocycles. The Labute approximate surface area is 154 Å². The number of nitro groups is 1. The number of benzene rings is 1. The van der Waals surface area contributed by atoms with Crippen molar-refractivity contribution < 1.29 is 14.8 Å². The highest BCUT2D eigenvalue weighted by Gasteiger charge is 2.23. The fourth-order valence-electron chi connectivity index (χ4n) is 3.62. The summed E-state index contributed by atoms with van der Waals surface area (Å²) in [5.41, 5.74) is 0.934. The number of aliphatic hydroxyl groups is 1. The van der Waals surface area contributed by atoms with Crippen LogP contribution in [0, 0.1) is 17.0 Å². The number of carbonyl (C=O) groups excluding carboxylic acids is 1. The summed E-state index contributed by atoms with van der Waals surface area (Å²) in [6.45, 7) is 4.54. The summed E-state index contributed by atoms with van der Waals surface area (Å²) in [6.07, 6.45) is 5.73. The van der Waals surface area contributed by atoms with Gasteiger partial charge in [0.15, 0.2) is 0 Å². The third-order valence-electron chi connectivity index (χ3n) is 4.99. The van der Waals surface area contributed by atoms with Crippen molar-refractivity contribution in [3.05, 3.63) is 33.9 Å². The van der Waals surface area contributed by atoms with Gasteiger partial charge in [-0.3, -0.25) is 19.8 Å². The van der Waals surface area contributed by atoms with Gasteiger partial charge in [0, 0.05) is 31.6 Å². The van der Waals surface area contributed by atoms with Gasteiger partial charge in [0.1, 0.15) is 0 Å². The normalized spacial score (nSPS) is 16.5. The predicted octanol–water partition coefficient (Wildman–Crippen LogP) is 3.25. The minimum absolute atomic E-state index is 0.000683. The first-order valence-electron chi connectivity index (χ1n) is 9.34. The van der Waals surface area contributed by atoms with Crippen LogP contribution in [0.25, 0.3) is 0 Å². The molecule has 1 fully saturated rings. The standard InChI is InChI=1S/C19H29N3O4/c1-14(23)13-21(16-7-4-3-5-8-16)12-11-19(24)20-17-9-6-10-18(15(17)2)22(25)26/h6,9-10,14,16,23H,3-5,7-8,11-13H2,1-2H3,(H,20,24)/t14-/m0/s1. The Balaban J connectivity index is 1.95. The topological polar surface area (TPSA) is 95.7 Å². The summed E-state index contributed by atoms with van der Waals surface area (Å²) in [7, 11) is 0. The first kappa shape index (κ1) is 20.3. The number of carbonyl (C=O) groups is 1. The first-order valence-corrected chi connectivity index (χ1v) is 9.34. The van der Waals surface area contributed by atoms with Crippen molar-refractivity contribution in [2.75, 3.05) is 18.4 Å². The highest BCUT2D eigenvalue weighted by Crippen LogP contribution is 2.26. The largest absolute Gasteiger partial charge is 0.392 e. The summed E-state index contributed by atoms with van der Waals surface area (Å²) in [4.78, 5) is 25.1. The van der Waals surface area contributed by atoms with Crippen molar-refractivity contribution in [1.29, 1.82) is 0 Å². The molecular formula is C19H29N3O4. The van der Waals surface area contributed by atoms with E-state index in [2.05, 4.69) is 10.2 Å². The molecule has 0 saturated heterocycles. The number of nitro benzene ring substituents is 1. The van der Waals surface area contributed by atoms with Gasteiger partial charge >= 0.3 is 0 Å². The van der Waals surface area contributed by atoms with Crippen molar-refractivity contribution in [1.82, 2.24) is 4.90 Å². The number of anilines is 1. The fourth-order valence-corrected chi connectivity index (χ4v) is 3.62. The molecule has 1 saturated carbocycles. The maximum Gasteiger partial charge on any atom is 0.274 e. The molecule has 2 rings (SSSR count). The van der Waals surface area contributed by atoms with Gasteiger partial charge < -0.3 is 10.4 Å². The van der Waals surface area contributed by atoms with Crippen LogP contribution in [0.2, 0.25) is 0 Å². The molecule has 0 bridgehead atoms. The van der Waals surface area contributed by atoms with Crippen molar-refractivity contribution in [2.24, 2.45) is 0 Å². The summed E-state index contributed by atoms with van der Waals surface area (Å²) >= 11 is 0. The van der Waals surface area contributed by atoms with Crippen LogP contribution < -0.4 is 5.32 Å². The van der Waals surface area contributed by atoms with Crippen molar-refractivity contribution in [3.8, 4) is 0 Å².